The molecule has 82 valence electrons. The molecule has 1 aromatic heterocycles. The standard InChI is InChI=1S/C8H8Br2N2O3/c9-3-1-12-2-4(10)5(3)6(13)7(14)8(11)15/h1-2,6-7,13-14H,(H2,11,15). The Hall–Kier alpha value is -0.500. The van der Waals surface area contributed by atoms with Gasteiger partial charge >= 0.3 is 0 Å². The number of primary amides is 1. The lowest BCUT2D eigenvalue weighted by Gasteiger charge is -2.17. The average Bonchev–Trinajstić information content (AvgIpc) is 2.15. The van der Waals surface area contributed by atoms with Gasteiger partial charge < -0.3 is 15.9 Å². The van der Waals surface area contributed by atoms with Crippen molar-refractivity contribution < 1.29 is 15.0 Å². The number of nitrogens with two attached hydrogens (primary N) is 1. The minimum Gasteiger partial charge on any atom is -0.385 e. The van der Waals surface area contributed by atoms with Crippen LogP contribution in [0.25, 0.3) is 0 Å². The van der Waals surface area contributed by atoms with E-state index in [1.54, 1.807) is 0 Å². The maximum atomic E-state index is 10.7. The first-order valence-corrected chi connectivity index (χ1v) is 5.48. The van der Waals surface area contributed by atoms with Crippen LogP contribution in [0.3, 0.4) is 0 Å². The molecule has 0 fully saturated rings. The van der Waals surface area contributed by atoms with E-state index in [2.05, 4.69) is 36.8 Å². The highest BCUT2D eigenvalue weighted by Gasteiger charge is 2.27. The lowest BCUT2D eigenvalue weighted by atomic mass is 10.1. The smallest absolute Gasteiger partial charge is 0.249 e. The lowest BCUT2D eigenvalue weighted by molar-refractivity contribution is -0.132. The van der Waals surface area contributed by atoms with Crippen molar-refractivity contribution in [1.29, 1.82) is 0 Å². The van der Waals surface area contributed by atoms with Crippen LogP contribution in [-0.2, 0) is 4.79 Å². The van der Waals surface area contributed by atoms with E-state index in [4.69, 9.17) is 5.73 Å². The summed E-state index contributed by atoms with van der Waals surface area (Å²) in [5.74, 6) is -0.988. The van der Waals surface area contributed by atoms with Gasteiger partial charge in [-0.2, -0.15) is 0 Å². The third kappa shape index (κ3) is 2.75. The topological polar surface area (TPSA) is 96.4 Å². The van der Waals surface area contributed by atoms with Crippen molar-refractivity contribution in [2.24, 2.45) is 5.73 Å². The molecule has 0 saturated heterocycles. The molecule has 4 N–H and O–H groups in total. The van der Waals surface area contributed by atoms with Crippen LogP contribution in [0.5, 0.6) is 0 Å². The Morgan fingerprint density at radius 1 is 1.33 bits per heavy atom. The number of carbonyl (C=O) groups excluding carboxylic acids is 1. The molecule has 0 aliphatic rings. The molecule has 0 radical (unpaired) electrons. The van der Waals surface area contributed by atoms with Crippen LogP contribution in [-0.4, -0.2) is 27.2 Å². The molecular weight excluding hydrogens is 332 g/mol. The van der Waals surface area contributed by atoms with Gasteiger partial charge in [0.25, 0.3) is 0 Å². The molecule has 0 spiro atoms. The average molecular weight is 340 g/mol. The van der Waals surface area contributed by atoms with E-state index < -0.39 is 18.1 Å². The van der Waals surface area contributed by atoms with Gasteiger partial charge in [-0.1, -0.05) is 0 Å². The summed E-state index contributed by atoms with van der Waals surface area (Å²) in [5.41, 5.74) is 5.21. The Morgan fingerprint density at radius 3 is 2.20 bits per heavy atom. The molecule has 1 rings (SSSR count). The van der Waals surface area contributed by atoms with Crippen LogP contribution in [0.1, 0.15) is 11.7 Å². The normalized spacial score (nSPS) is 14.7. The van der Waals surface area contributed by atoms with Gasteiger partial charge in [0.05, 0.1) is 0 Å². The van der Waals surface area contributed by atoms with Crippen molar-refractivity contribution >= 4 is 37.8 Å². The molecule has 15 heavy (non-hydrogen) atoms. The van der Waals surface area contributed by atoms with Crippen molar-refractivity contribution in [1.82, 2.24) is 4.98 Å². The first-order chi connectivity index (χ1) is 6.95. The molecule has 0 saturated carbocycles. The number of carbonyl (C=O) groups is 1. The Balaban J connectivity index is 3.10. The fourth-order valence-corrected chi connectivity index (χ4v) is 2.42. The Kier molecular flexibility index (Phi) is 4.21. The van der Waals surface area contributed by atoms with Crippen LogP contribution in [0.2, 0.25) is 0 Å². The van der Waals surface area contributed by atoms with E-state index in [1.807, 2.05) is 0 Å². The summed E-state index contributed by atoms with van der Waals surface area (Å²) in [6, 6.07) is 0. The lowest BCUT2D eigenvalue weighted by Crippen LogP contribution is -2.34. The van der Waals surface area contributed by atoms with Crippen LogP contribution in [0.15, 0.2) is 21.3 Å². The molecule has 2 unspecified atom stereocenters. The first kappa shape index (κ1) is 12.6. The monoisotopic (exact) mass is 338 g/mol. The minimum absolute atomic E-state index is 0.330. The van der Waals surface area contributed by atoms with Gasteiger partial charge in [-0.3, -0.25) is 9.78 Å². The summed E-state index contributed by atoms with van der Waals surface area (Å²) in [4.78, 5) is 14.5. The predicted molar refractivity (Wildman–Crippen MR) is 59.8 cm³/mol. The van der Waals surface area contributed by atoms with Crippen LogP contribution in [0.4, 0.5) is 0 Å². The van der Waals surface area contributed by atoms with Gasteiger partial charge in [0.15, 0.2) is 6.10 Å². The third-order valence-electron chi connectivity index (χ3n) is 1.78. The fraction of sp³-hybridized carbons (Fsp3) is 0.250. The summed E-state index contributed by atoms with van der Waals surface area (Å²) in [6.07, 6.45) is -0.164. The third-order valence-corrected chi connectivity index (χ3v) is 3.04. The number of amides is 1. The molecular formula is C8H8Br2N2O3. The molecule has 1 aromatic rings. The maximum Gasteiger partial charge on any atom is 0.249 e. The Bertz CT molecular complexity index is 366. The van der Waals surface area contributed by atoms with Crippen molar-refractivity contribution in [3.8, 4) is 0 Å². The molecule has 7 heteroatoms. The second-order valence-electron chi connectivity index (χ2n) is 2.81. The molecule has 0 aliphatic heterocycles. The van der Waals surface area contributed by atoms with E-state index in [-0.39, 0.29) is 0 Å². The van der Waals surface area contributed by atoms with Crippen molar-refractivity contribution in [3.63, 3.8) is 0 Å². The molecule has 5 nitrogen and oxygen atoms in total. The van der Waals surface area contributed by atoms with Crippen molar-refractivity contribution in [3.05, 3.63) is 26.9 Å². The zero-order valence-electron chi connectivity index (χ0n) is 7.39. The molecule has 0 aromatic carbocycles. The number of halogens is 2. The number of aromatic nitrogens is 1. The summed E-state index contributed by atoms with van der Waals surface area (Å²) in [7, 11) is 0. The van der Waals surface area contributed by atoms with E-state index in [0.29, 0.717) is 14.5 Å². The summed E-state index contributed by atoms with van der Waals surface area (Å²) in [6.45, 7) is 0. The van der Waals surface area contributed by atoms with Crippen LogP contribution >= 0.6 is 31.9 Å². The number of hydrogen-bond acceptors (Lipinski definition) is 4. The Morgan fingerprint density at radius 2 is 1.80 bits per heavy atom. The highest BCUT2D eigenvalue weighted by atomic mass is 79.9. The summed E-state index contributed by atoms with van der Waals surface area (Å²) < 4.78 is 0.953. The maximum absolute atomic E-state index is 10.7. The molecule has 2 atom stereocenters. The van der Waals surface area contributed by atoms with Crippen molar-refractivity contribution in [2.75, 3.05) is 0 Å². The van der Waals surface area contributed by atoms with Crippen LogP contribution in [0, 0.1) is 0 Å². The summed E-state index contributed by atoms with van der Waals surface area (Å²) >= 11 is 6.30. The highest BCUT2D eigenvalue weighted by Crippen LogP contribution is 2.31. The quantitative estimate of drug-likeness (QED) is 0.746. The highest BCUT2D eigenvalue weighted by molar-refractivity contribution is 9.11. The van der Waals surface area contributed by atoms with Gasteiger partial charge in [0.2, 0.25) is 5.91 Å². The first-order valence-electron chi connectivity index (χ1n) is 3.89. The van der Waals surface area contributed by atoms with E-state index >= 15 is 0 Å². The van der Waals surface area contributed by atoms with Crippen molar-refractivity contribution in [2.45, 2.75) is 12.2 Å². The second kappa shape index (κ2) is 5.02. The Labute approximate surface area is 103 Å². The number of aliphatic hydroxyl groups excluding tert-OH is 2. The van der Waals surface area contributed by atoms with Crippen LogP contribution < -0.4 is 5.73 Å². The fourth-order valence-electron chi connectivity index (χ4n) is 1.02. The van der Waals surface area contributed by atoms with E-state index in [1.165, 1.54) is 12.4 Å². The summed E-state index contributed by atoms with van der Waals surface area (Å²) in [5, 5.41) is 19.0. The zero-order chi connectivity index (χ0) is 11.6. The minimum atomic E-state index is -1.65. The molecule has 1 heterocycles. The molecule has 0 bridgehead atoms. The predicted octanol–water partition coefficient (Wildman–Crippen LogP) is 0.486. The largest absolute Gasteiger partial charge is 0.385 e. The zero-order valence-corrected chi connectivity index (χ0v) is 10.6. The number of pyridine rings is 1. The number of hydrogen-bond donors (Lipinski definition) is 3. The van der Waals surface area contributed by atoms with E-state index in [9.17, 15) is 15.0 Å². The van der Waals surface area contributed by atoms with Gasteiger partial charge in [-0.25, -0.2) is 0 Å². The second-order valence-corrected chi connectivity index (χ2v) is 4.52. The number of aliphatic hydroxyl groups is 2. The number of nitrogens with zero attached hydrogens (tertiary/aromatic N) is 1. The van der Waals surface area contributed by atoms with Gasteiger partial charge in [0, 0.05) is 26.9 Å². The SMILES string of the molecule is NC(=O)C(O)C(O)c1c(Br)cncc1Br. The molecule has 1 amide bonds. The van der Waals surface area contributed by atoms with Gasteiger partial charge in [-0.15, -0.1) is 0 Å². The molecule has 0 aliphatic carbocycles. The van der Waals surface area contributed by atoms with Gasteiger partial charge in [-0.05, 0) is 31.9 Å². The van der Waals surface area contributed by atoms with Gasteiger partial charge in [0.1, 0.15) is 6.10 Å². The van der Waals surface area contributed by atoms with E-state index in [0.717, 1.165) is 0 Å². The number of rotatable bonds is 3.